The number of halogens is 1. The fourth-order valence-electron chi connectivity index (χ4n) is 1.56. The Morgan fingerprint density at radius 1 is 1.47 bits per heavy atom. The van der Waals surface area contributed by atoms with Gasteiger partial charge in [0, 0.05) is 16.9 Å². The first-order valence-electron chi connectivity index (χ1n) is 5.06. The van der Waals surface area contributed by atoms with Gasteiger partial charge in [0.2, 0.25) is 0 Å². The zero-order valence-electron chi connectivity index (χ0n) is 9.09. The van der Waals surface area contributed by atoms with Crippen LogP contribution >= 0.6 is 15.9 Å². The Balaban J connectivity index is 2.74. The zero-order chi connectivity index (χ0) is 11.3. The van der Waals surface area contributed by atoms with Gasteiger partial charge in [-0.1, -0.05) is 34.1 Å². The van der Waals surface area contributed by atoms with Crippen molar-refractivity contribution < 1.29 is 4.79 Å². The number of nitrogens with one attached hydrogen (secondary N) is 1. The Morgan fingerprint density at radius 2 is 2.13 bits per heavy atom. The lowest BCUT2D eigenvalue weighted by Gasteiger charge is -2.17. The summed E-state index contributed by atoms with van der Waals surface area (Å²) in [6, 6.07) is 8.34. The first-order chi connectivity index (χ1) is 7.15. The SMILES string of the molecule is CNC(CCC(C)=O)c1ccccc1Br. The van der Waals surface area contributed by atoms with Gasteiger partial charge in [0.15, 0.2) is 0 Å². The standard InChI is InChI=1S/C12H16BrNO/c1-9(15)7-8-12(14-2)10-5-3-4-6-11(10)13/h3-6,12,14H,7-8H2,1-2H3. The zero-order valence-corrected chi connectivity index (χ0v) is 10.7. The molecule has 3 heteroatoms. The topological polar surface area (TPSA) is 29.1 Å². The molecule has 0 saturated heterocycles. The third kappa shape index (κ3) is 3.76. The highest BCUT2D eigenvalue weighted by Gasteiger charge is 2.12. The van der Waals surface area contributed by atoms with E-state index in [2.05, 4.69) is 27.3 Å². The van der Waals surface area contributed by atoms with Gasteiger partial charge in [0.1, 0.15) is 5.78 Å². The predicted octanol–water partition coefficient (Wildman–Crippen LogP) is 3.08. The number of hydrogen-bond acceptors (Lipinski definition) is 2. The van der Waals surface area contributed by atoms with Gasteiger partial charge >= 0.3 is 0 Å². The van der Waals surface area contributed by atoms with Crippen molar-refractivity contribution in [2.45, 2.75) is 25.8 Å². The molecule has 0 aliphatic carbocycles. The number of rotatable bonds is 5. The van der Waals surface area contributed by atoms with Gasteiger partial charge in [0.25, 0.3) is 0 Å². The number of benzene rings is 1. The molecule has 0 aliphatic heterocycles. The summed E-state index contributed by atoms with van der Waals surface area (Å²) >= 11 is 3.52. The van der Waals surface area contributed by atoms with Crippen molar-refractivity contribution in [3.05, 3.63) is 34.3 Å². The van der Waals surface area contributed by atoms with Gasteiger partial charge < -0.3 is 10.1 Å². The van der Waals surface area contributed by atoms with Crippen LogP contribution < -0.4 is 5.32 Å². The maximum atomic E-state index is 10.9. The molecule has 1 rings (SSSR count). The van der Waals surface area contributed by atoms with Gasteiger partial charge in [-0.15, -0.1) is 0 Å². The van der Waals surface area contributed by atoms with E-state index in [9.17, 15) is 4.79 Å². The molecule has 0 radical (unpaired) electrons. The number of Topliss-reactive ketones (excluding diaryl/α,β-unsaturated/α-hetero) is 1. The largest absolute Gasteiger partial charge is 0.313 e. The lowest BCUT2D eigenvalue weighted by atomic mass is 10.0. The summed E-state index contributed by atoms with van der Waals surface area (Å²) in [5.74, 6) is 0.238. The Bertz CT molecular complexity index is 338. The molecule has 0 spiro atoms. The van der Waals surface area contributed by atoms with E-state index < -0.39 is 0 Å². The summed E-state index contributed by atoms with van der Waals surface area (Å²) in [5, 5.41) is 3.23. The molecule has 0 bridgehead atoms. The highest BCUT2D eigenvalue weighted by molar-refractivity contribution is 9.10. The lowest BCUT2D eigenvalue weighted by Crippen LogP contribution is -2.17. The highest BCUT2D eigenvalue weighted by atomic mass is 79.9. The van der Waals surface area contributed by atoms with Crippen LogP contribution in [-0.2, 0) is 4.79 Å². The normalized spacial score (nSPS) is 12.5. The minimum atomic E-state index is 0.238. The number of hydrogen-bond donors (Lipinski definition) is 1. The molecule has 15 heavy (non-hydrogen) atoms. The second-order valence-electron chi connectivity index (χ2n) is 3.60. The van der Waals surface area contributed by atoms with Crippen LogP contribution in [0.5, 0.6) is 0 Å². The predicted molar refractivity (Wildman–Crippen MR) is 65.9 cm³/mol. The molecule has 1 unspecified atom stereocenters. The van der Waals surface area contributed by atoms with Crippen molar-refractivity contribution >= 4 is 21.7 Å². The summed E-state index contributed by atoms with van der Waals surface area (Å²) in [5.41, 5.74) is 1.21. The van der Waals surface area contributed by atoms with Crippen molar-refractivity contribution in [1.82, 2.24) is 5.32 Å². The van der Waals surface area contributed by atoms with Gasteiger partial charge in [-0.05, 0) is 32.0 Å². The average molecular weight is 270 g/mol. The van der Waals surface area contributed by atoms with Gasteiger partial charge in [-0.2, -0.15) is 0 Å². The molecule has 1 aromatic carbocycles. The summed E-state index contributed by atoms with van der Waals surface area (Å²) in [6.07, 6.45) is 1.46. The van der Waals surface area contributed by atoms with Crippen LogP contribution in [0.15, 0.2) is 28.7 Å². The summed E-state index contributed by atoms with van der Waals surface area (Å²) in [7, 11) is 1.92. The fraction of sp³-hybridized carbons (Fsp3) is 0.417. The van der Waals surface area contributed by atoms with Crippen LogP contribution in [0.1, 0.15) is 31.4 Å². The van der Waals surface area contributed by atoms with Crippen LogP contribution in [-0.4, -0.2) is 12.8 Å². The Hall–Kier alpha value is -0.670. The van der Waals surface area contributed by atoms with Crippen molar-refractivity contribution in [2.75, 3.05) is 7.05 Å². The summed E-state index contributed by atoms with van der Waals surface area (Å²) < 4.78 is 1.09. The second kappa shape index (κ2) is 6.03. The highest BCUT2D eigenvalue weighted by Crippen LogP contribution is 2.25. The molecule has 82 valence electrons. The van der Waals surface area contributed by atoms with E-state index in [0.29, 0.717) is 6.42 Å². The first kappa shape index (κ1) is 12.4. The van der Waals surface area contributed by atoms with E-state index in [-0.39, 0.29) is 11.8 Å². The molecule has 0 amide bonds. The van der Waals surface area contributed by atoms with Crippen molar-refractivity contribution in [1.29, 1.82) is 0 Å². The van der Waals surface area contributed by atoms with Gasteiger partial charge in [-0.3, -0.25) is 0 Å². The first-order valence-corrected chi connectivity index (χ1v) is 5.85. The lowest BCUT2D eigenvalue weighted by molar-refractivity contribution is -0.117. The van der Waals surface area contributed by atoms with Crippen LogP contribution in [0.2, 0.25) is 0 Å². The fourth-order valence-corrected chi connectivity index (χ4v) is 2.12. The maximum Gasteiger partial charge on any atom is 0.129 e. The van der Waals surface area contributed by atoms with Gasteiger partial charge in [-0.25, -0.2) is 0 Å². The van der Waals surface area contributed by atoms with Crippen molar-refractivity contribution in [3.63, 3.8) is 0 Å². The number of carbonyl (C=O) groups is 1. The van der Waals surface area contributed by atoms with E-state index in [1.807, 2.05) is 25.2 Å². The summed E-state index contributed by atoms with van der Waals surface area (Å²) in [6.45, 7) is 1.63. The molecule has 0 aromatic heterocycles. The average Bonchev–Trinajstić information content (AvgIpc) is 2.21. The molecular formula is C12H16BrNO. The minimum absolute atomic E-state index is 0.238. The van der Waals surface area contributed by atoms with E-state index in [4.69, 9.17) is 0 Å². The van der Waals surface area contributed by atoms with E-state index in [1.54, 1.807) is 6.92 Å². The van der Waals surface area contributed by atoms with Crippen molar-refractivity contribution in [2.24, 2.45) is 0 Å². The Morgan fingerprint density at radius 3 is 2.67 bits per heavy atom. The molecule has 1 atom stereocenters. The van der Waals surface area contributed by atoms with Crippen LogP contribution in [0.25, 0.3) is 0 Å². The van der Waals surface area contributed by atoms with Crippen molar-refractivity contribution in [3.8, 4) is 0 Å². The molecule has 0 saturated carbocycles. The summed E-state index contributed by atoms with van der Waals surface area (Å²) in [4.78, 5) is 10.9. The third-order valence-corrected chi connectivity index (χ3v) is 3.14. The van der Waals surface area contributed by atoms with E-state index >= 15 is 0 Å². The van der Waals surface area contributed by atoms with Crippen LogP contribution in [0.4, 0.5) is 0 Å². The number of ketones is 1. The van der Waals surface area contributed by atoms with Gasteiger partial charge in [0.05, 0.1) is 0 Å². The van der Waals surface area contributed by atoms with Crippen LogP contribution in [0, 0.1) is 0 Å². The molecule has 0 heterocycles. The Kier molecular flexibility index (Phi) is 4.99. The van der Waals surface area contributed by atoms with Crippen LogP contribution in [0.3, 0.4) is 0 Å². The molecule has 1 N–H and O–H groups in total. The number of carbonyl (C=O) groups excluding carboxylic acids is 1. The second-order valence-corrected chi connectivity index (χ2v) is 4.46. The van der Waals surface area contributed by atoms with E-state index in [0.717, 1.165) is 10.9 Å². The molecule has 2 nitrogen and oxygen atoms in total. The molecule has 1 aromatic rings. The molecule has 0 aliphatic rings. The maximum absolute atomic E-state index is 10.9. The molecule has 0 fully saturated rings. The monoisotopic (exact) mass is 269 g/mol. The van der Waals surface area contributed by atoms with E-state index in [1.165, 1.54) is 5.56 Å². The third-order valence-electron chi connectivity index (χ3n) is 2.41. The smallest absolute Gasteiger partial charge is 0.129 e. The minimum Gasteiger partial charge on any atom is -0.313 e. The Labute approximate surface area is 99.2 Å². The molecular weight excluding hydrogens is 254 g/mol. The quantitative estimate of drug-likeness (QED) is 0.890.